The van der Waals surface area contributed by atoms with Gasteiger partial charge in [0.15, 0.2) is 11.4 Å². The molecule has 0 aromatic carbocycles. The van der Waals surface area contributed by atoms with Crippen molar-refractivity contribution in [3.05, 3.63) is 30.2 Å². The largest absolute Gasteiger partial charge is 0.465 e. The van der Waals surface area contributed by atoms with Crippen molar-refractivity contribution in [2.75, 3.05) is 31.6 Å². The van der Waals surface area contributed by atoms with Crippen LogP contribution in [0.4, 0.5) is 5.95 Å². The number of carbonyl (C=O) groups is 3. The van der Waals surface area contributed by atoms with E-state index >= 15 is 0 Å². The van der Waals surface area contributed by atoms with Gasteiger partial charge < -0.3 is 24.5 Å². The smallest absolute Gasteiger partial charge is 0.325 e. The van der Waals surface area contributed by atoms with Gasteiger partial charge in [0.2, 0.25) is 11.8 Å². The van der Waals surface area contributed by atoms with Crippen molar-refractivity contribution in [3.8, 4) is 11.6 Å². The number of nitrogens with one attached hydrogen (secondary N) is 2. The maximum Gasteiger partial charge on any atom is 0.325 e. The number of nitrogens with zero attached hydrogens (tertiary/aromatic N) is 4. The van der Waals surface area contributed by atoms with E-state index in [1.807, 2.05) is 0 Å². The van der Waals surface area contributed by atoms with Crippen LogP contribution in [0.15, 0.2) is 29.0 Å². The lowest BCUT2D eigenvalue weighted by Gasteiger charge is -2.09. The van der Waals surface area contributed by atoms with E-state index in [0.29, 0.717) is 5.76 Å². The van der Waals surface area contributed by atoms with Crippen LogP contribution >= 0.6 is 0 Å². The van der Waals surface area contributed by atoms with Crippen LogP contribution in [0.3, 0.4) is 0 Å². The molecule has 30 heavy (non-hydrogen) atoms. The van der Waals surface area contributed by atoms with E-state index in [0.717, 1.165) is 0 Å². The number of hydrogen-bond donors (Lipinski definition) is 2. The van der Waals surface area contributed by atoms with E-state index in [1.165, 1.54) is 17.0 Å². The molecule has 3 rings (SSSR count). The first kappa shape index (κ1) is 20.8. The number of rotatable bonds is 9. The Kier molecular flexibility index (Phi) is 6.57. The van der Waals surface area contributed by atoms with Crippen LogP contribution in [0.25, 0.3) is 17.2 Å². The second-order valence-corrected chi connectivity index (χ2v) is 5.79. The fourth-order valence-electron chi connectivity index (χ4n) is 2.49. The number of furan rings is 1. The Balaban J connectivity index is 1.91. The molecule has 1 amide bonds. The molecule has 0 fully saturated rings. The second kappa shape index (κ2) is 9.49. The summed E-state index contributed by atoms with van der Waals surface area (Å²) in [7, 11) is 0. The average Bonchev–Trinajstić information content (AvgIpc) is 3.40. The summed E-state index contributed by atoms with van der Waals surface area (Å²) in [4.78, 5) is 44.2. The SMILES string of the molecule is CCOC(=O)CNC(=O)c1cnc(NCC(=O)OCC)n2nc(-c3ccco3)nc12. The number of hydrogen-bond acceptors (Lipinski definition) is 10. The van der Waals surface area contributed by atoms with Gasteiger partial charge in [0.05, 0.1) is 19.5 Å². The number of carbonyl (C=O) groups excluding carboxylic acids is 3. The van der Waals surface area contributed by atoms with Crippen molar-refractivity contribution < 1.29 is 28.3 Å². The van der Waals surface area contributed by atoms with Gasteiger partial charge in [-0.15, -0.1) is 5.10 Å². The molecule has 3 aromatic rings. The number of amides is 1. The minimum absolute atomic E-state index is 0.0753. The molecule has 12 heteroatoms. The molecule has 0 spiro atoms. The first-order valence-electron chi connectivity index (χ1n) is 9.16. The maximum absolute atomic E-state index is 12.6. The van der Waals surface area contributed by atoms with Gasteiger partial charge in [0, 0.05) is 6.20 Å². The molecule has 0 saturated carbocycles. The summed E-state index contributed by atoms with van der Waals surface area (Å²) in [6.45, 7) is 3.36. The lowest BCUT2D eigenvalue weighted by atomic mass is 10.3. The third-order valence-corrected chi connectivity index (χ3v) is 3.75. The Morgan fingerprint density at radius 3 is 2.53 bits per heavy atom. The van der Waals surface area contributed by atoms with E-state index in [-0.39, 0.29) is 49.3 Å². The minimum atomic E-state index is -0.587. The van der Waals surface area contributed by atoms with Crippen molar-refractivity contribution in [1.29, 1.82) is 0 Å². The molecule has 0 bridgehead atoms. The topological polar surface area (TPSA) is 150 Å². The summed E-state index contributed by atoms with van der Waals surface area (Å²) in [5.74, 6) is -0.865. The van der Waals surface area contributed by atoms with Crippen molar-refractivity contribution >= 4 is 29.4 Å². The molecule has 0 aliphatic carbocycles. The lowest BCUT2D eigenvalue weighted by Crippen LogP contribution is -2.31. The molecule has 0 aliphatic heterocycles. The van der Waals surface area contributed by atoms with Gasteiger partial charge in [0.25, 0.3) is 5.91 Å². The summed E-state index contributed by atoms with van der Waals surface area (Å²) < 4.78 is 16.3. The van der Waals surface area contributed by atoms with Gasteiger partial charge in [-0.25, -0.2) is 9.97 Å². The van der Waals surface area contributed by atoms with Crippen LogP contribution in [-0.2, 0) is 19.1 Å². The zero-order chi connectivity index (χ0) is 21.5. The molecule has 0 aliphatic rings. The highest BCUT2D eigenvalue weighted by Gasteiger charge is 2.20. The van der Waals surface area contributed by atoms with Crippen molar-refractivity contribution in [3.63, 3.8) is 0 Å². The molecular weight excluding hydrogens is 396 g/mol. The van der Waals surface area contributed by atoms with E-state index in [2.05, 4.69) is 25.7 Å². The van der Waals surface area contributed by atoms with E-state index < -0.39 is 17.8 Å². The average molecular weight is 416 g/mol. The molecule has 0 atom stereocenters. The Morgan fingerprint density at radius 1 is 1.13 bits per heavy atom. The quantitative estimate of drug-likeness (QED) is 0.476. The fraction of sp³-hybridized carbons (Fsp3) is 0.333. The number of anilines is 1. The zero-order valence-corrected chi connectivity index (χ0v) is 16.4. The highest BCUT2D eigenvalue weighted by Crippen LogP contribution is 2.20. The second-order valence-electron chi connectivity index (χ2n) is 5.79. The van der Waals surface area contributed by atoms with E-state index in [1.54, 1.807) is 26.0 Å². The standard InChI is InChI=1S/C18H20N6O6/c1-3-28-13(25)9-19-17(27)11-8-20-18(21-10-14(26)29-4-2)24-16(11)22-15(23-24)12-6-5-7-30-12/h5-8H,3-4,9-10H2,1-2H3,(H,19,27)(H,20,21). The Hall–Kier alpha value is -3.96. The van der Waals surface area contributed by atoms with E-state index in [9.17, 15) is 14.4 Å². The third kappa shape index (κ3) is 4.71. The summed E-state index contributed by atoms with van der Waals surface area (Å²) in [6, 6.07) is 3.33. The van der Waals surface area contributed by atoms with Crippen molar-refractivity contribution in [1.82, 2.24) is 24.9 Å². The number of aromatic nitrogens is 4. The number of fused-ring (bicyclic) bond motifs is 1. The summed E-state index contributed by atoms with van der Waals surface area (Å²) in [6.07, 6.45) is 2.73. The van der Waals surface area contributed by atoms with Crippen LogP contribution in [0.1, 0.15) is 24.2 Å². The number of esters is 2. The van der Waals surface area contributed by atoms with Crippen molar-refractivity contribution in [2.24, 2.45) is 0 Å². The molecule has 158 valence electrons. The molecule has 0 radical (unpaired) electrons. The first-order chi connectivity index (χ1) is 14.5. The summed E-state index contributed by atoms with van der Waals surface area (Å²) in [5.41, 5.74) is 0.232. The maximum atomic E-state index is 12.6. The van der Waals surface area contributed by atoms with Gasteiger partial charge in [-0.05, 0) is 26.0 Å². The van der Waals surface area contributed by atoms with E-state index in [4.69, 9.17) is 13.9 Å². The fourth-order valence-corrected chi connectivity index (χ4v) is 2.49. The van der Waals surface area contributed by atoms with Crippen LogP contribution in [0.5, 0.6) is 0 Å². The molecule has 3 heterocycles. The van der Waals surface area contributed by atoms with Crippen LogP contribution in [-0.4, -0.2) is 63.7 Å². The highest BCUT2D eigenvalue weighted by molar-refractivity contribution is 6.01. The Bertz CT molecular complexity index is 1050. The van der Waals surface area contributed by atoms with Gasteiger partial charge >= 0.3 is 11.9 Å². The molecule has 0 saturated heterocycles. The predicted octanol–water partition coefficient (Wildman–Crippen LogP) is 0.652. The van der Waals surface area contributed by atoms with Gasteiger partial charge in [-0.3, -0.25) is 14.4 Å². The first-order valence-corrected chi connectivity index (χ1v) is 9.16. The monoisotopic (exact) mass is 416 g/mol. The normalized spacial score (nSPS) is 10.6. The van der Waals surface area contributed by atoms with Gasteiger partial charge in [-0.2, -0.15) is 4.52 Å². The Morgan fingerprint density at radius 2 is 1.87 bits per heavy atom. The molecule has 12 nitrogen and oxygen atoms in total. The lowest BCUT2D eigenvalue weighted by molar-refractivity contribution is -0.142. The number of ether oxygens (including phenoxy) is 2. The predicted molar refractivity (Wildman–Crippen MR) is 103 cm³/mol. The van der Waals surface area contributed by atoms with Crippen LogP contribution in [0.2, 0.25) is 0 Å². The molecule has 0 unspecified atom stereocenters. The van der Waals surface area contributed by atoms with Gasteiger partial charge in [0.1, 0.15) is 18.7 Å². The highest BCUT2D eigenvalue weighted by atomic mass is 16.5. The molecular formula is C18H20N6O6. The Labute approximate surface area is 170 Å². The van der Waals surface area contributed by atoms with Crippen molar-refractivity contribution in [2.45, 2.75) is 13.8 Å². The summed E-state index contributed by atoms with van der Waals surface area (Å²) in [5, 5.41) is 9.57. The third-order valence-electron chi connectivity index (χ3n) is 3.75. The van der Waals surface area contributed by atoms with Crippen LogP contribution in [0, 0.1) is 0 Å². The van der Waals surface area contributed by atoms with Gasteiger partial charge in [-0.1, -0.05) is 0 Å². The summed E-state index contributed by atoms with van der Waals surface area (Å²) >= 11 is 0. The minimum Gasteiger partial charge on any atom is -0.465 e. The van der Waals surface area contributed by atoms with Crippen LogP contribution < -0.4 is 10.6 Å². The molecule has 2 N–H and O–H groups in total. The molecule has 3 aromatic heterocycles. The zero-order valence-electron chi connectivity index (χ0n) is 16.4.